The Balaban J connectivity index is 2.06. The van der Waals surface area contributed by atoms with Crippen molar-refractivity contribution in [2.24, 2.45) is 0 Å². The third kappa shape index (κ3) is 5.31. The van der Waals surface area contributed by atoms with Gasteiger partial charge in [0.25, 0.3) is 0 Å². The summed E-state index contributed by atoms with van der Waals surface area (Å²) in [7, 11) is 5.11. The maximum absolute atomic E-state index is 12.8. The fraction of sp³-hybridized carbons (Fsp3) is 0.333. The van der Waals surface area contributed by atoms with E-state index in [4.69, 9.17) is 9.47 Å². The molecule has 0 saturated carbocycles. The number of ether oxygens (including phenoxy) is 2. The predicted molar refractivity (Wildman–Crippen MR) is 106 cm³/mol. The zero-order chi connectivity index (χ0) is 20.0. The van der Waals surface area contributed by atoms with Crippen molar-refractivity contribution in [3.05, 3.63) is 53.6 Å². The van der Waals surface area contributed by atoms with Crippen LogP contribution >= 0.6 is 0 Å². The number of hydrogen-bond acceptors (Lipinski definition) is 5. The Morgan fingerprint density at radius 3 is 2.22 bits per heavy atom. The lowest BCUT2D eigenvalue weighted by molar-refractivity contribution is -0.114. The Hall–Kier alpha value is -2.86. The summed E-state index contributed by atoms with van der Waals surface area (Å²) in [5.41, 5.74) is 2.30. The first kappa shape index (κ1) is 20.5. The molecule has 0 aliphatic carbocycles. The molecule has 0 bridgehead atoms. The molecule has 0 saturated heterocycles. The number of anilines is 1. The van der Waals surface area contributed by atoms with Crippen LogP contribution < -0.4 is 14.8 Å². The maximum Gasteiger partial charge on any atom is 0.221 e. The van der Waals surface area contributed by atoms with Crippen LogP contribution in [0.4, 0.5) is 5.69 Å². The van der Waals surface area contributed by atoms with E-state index in [-0.39, 0.29) is 17.7 Å². The van der Waals surface area contributed by atoms with Crippen molar-refractivity contribution in [2.45, 2.75) is 26.4 Å². The van der Waals surface area contributed by atoms with Crippen molar-refractivity contribution in [1.29, 1.82) is 0 Å². The van der Waals surface area contributed by atoms with Crippen LogP contribution in [0.25, 0.3) is 0 Å². The van der Waals surface area contributed by atoms with E-state index in [0.717, 1.165) is 5.56 Å². The highest BCUT2D eigenvalue weighted by atomic mass is 16.5. The van der Waals surface area contributed by atoms with Crippen LogP contribution in [0.2, 0.25) is 0 Å². The molecule has 0 fully saturated rings. The first-order chi connectivity index (χ1) is 12.8. The van der Waals surface area contributed by atoms with E-state index in [1.807, 2.05) is 37.1 Å². The molecule has 2 rings (SSSR count). The van der Waals surface area contributed by atoms with Crippen molar-refractivity contribution < 1.29 is 19.1 Å². The highest BCUT2D eigenvalue weighted by Crippen LogP contribution is 2.28. The minimum atomic E-state index is -0.301. The molecule has 1 atom stereocenters. The van der Waals surface area contributed by atoms with Gasteiger partial charge in [0, 0.05) is 24.7 Å². The van der Waals surface area contributed by atoms with Crippen LogP contribution in [0.1, 0.15) is 29.8 Å². The van der Waals surface area contributed by atoms with Crippen LogP contribution in [0.15, 0.2) is 42.5 Å². The van der Waals surface area contributed by atoms with Gasteiger partial charge in [-0.05, 0) is 55.9 Å². The zero-order valence-electron chi connectivity index (χ0n) is 16.4. The normalized spacial score (nSPS) is 11.8. The van der Waals surface area contributed by atoms with Gasteiger partial charge in [-0.3, -0.25) is 14.5 Å². The van der Waals surface area contributed by atoms with Crippen molar-refractivity contribution in [3.63, 3.8) is 0 Å². The van der Waals surface area contributed by atoms with Gasteiger partial charge < -0.3 is 14.8 Å². The minimum Gasteiger partial charge on any atom is -0.493 e. The van der Waals surface area contributed by atoms with Gasteiger partial charge in [0.15, 0.2) is 17.3 Å². The standard InChI is InChI=1S/C21H26N2O4/c1-14(21(25)17-7-9-18(10-8-17)22-15(2)24)23(3)13-16-6-11-19(26-4)20(12-16)27-5/h6-12,14H,13H2,1-5H3,(H,22,24)/t14-/m1/s1. The Bertz CT molecular complexity index is 802. The number of likely N-dealkylation sites (N-methyl/N-ethyl adjacent to an activating group) is 1. The second-order valence-electron chi connectivity index (χ2n) is 6.40. The van der Waals surface area contributed by atoms with Gasteiger partial charge in [-0.2, -0.15) is 0 Å². The van der Waals surface area contributed by atoms with Crippen molar-refractivity contribution >= 4 is 17.4 Å². The second kappa shape index (κ2) is 9.19. The molecule has 0 aliphatic heterocycles. The number of ketones is 1. The average Bonchev–Trinajstić information content (AvgIpc) is 2.66. The van der Waals surface area contributed by atoms with E-state index in [9.17, 15) is 9.59 Å². The van der Waals surface area contributed by atoms with Crippen LogP contribution in [0, 0.1) is 0 Å². The minimum absolute atomic E-state index is 0.0207. The van der Waals surface area contributed by atoms with Gasteiger partial charge in [0.05, 0.1) is 20.3 Å². The fourth-order valence-corrected chi connectivity index (χ4v) is 2.77. The lowest BCUT2D eigenvalue weighted by atomic mass is 10.0. The van der Waals surface area contributed by atoms with Crippen LogP contribution in [-0.4, -0.2) is 43.9 Å². The number of hydrogen-bond donors (Lipinski definition) is 1. The first-order valence-corrected chi connectivity index (χ1v) is 8.68. The molecule has 0 aliphatic rings. The Kier molecular flexibility index (Phi) is 6.96. The summed E-state index contributed by atoms with van der Waals surface area (Å²) in [4.78, 5) is 25.8. The van der Waals surface area contributed by atoms with E-state index < -0.39 is 0 Å². The average molecular weight is 370 g/mol. The molecule has 6 heteroatoms. The van der Waals surface area contributed by atoms with Gasteiger partial charge >= 0.3 is 0 Å². The lowest BCUT2D eigenvalue weighted by Gasteiger charge is -2.24. The largest absolute Gasteiger partial charge is 0.493 e. The molecule has 144 valence electrons. The maximum atomic E-state index is 12.8. The highest BCUT2D eigenvalue weighted by Gasteiger charge is 2.20. The van der Waals surface area contributed by atoms with E-state index in [0.29, 0.717) is 29.3 Å². The summed E-state index contributed by atoms with van der Waals surface area (Å²) < 4.78 is 10.6. The lowest BCUT2D eigenvalue weighted by Crippen LogP contribution is -2.35. The van der Waals surface area contributed by atoms with E-state index in [2.05, 4.69) is 5.32 Å². The molecule has 2 aromatic rings. The van der Waals surface area contributed by atoms with E-state index >= 15 is 0 Å². The highest BCUT2D eigenvalue weighted by molar-refractivity contribution is 6.00. The number of benzene rings is 2. The summed E-state index contributed by atoms with van der Waals surface area (Å²) in [5.74, 6) is 1.22. The summed E-state index contributed by atoms with van der Waals surface area (Å²) >= 11 is 0. The molecule has 1 N–H and O–H groups in total. The topological polar surface area (TPSA) is 67.9 Å². The number of carbonyl (C=O) groups excluding carboxylic acids is 2. The quantitative estimate of drug-likeness (QED) is 0.722. The van der Waals surface area contributed by atoms with Gasteiger partial charge in [-0.1, -0.05) is 6.07 Å². The summed E-state index contributed by atoms with van der Waals surface area (Å²) in [6.07, 6.45) is 0. The molecule has 0 radical (unpaired) electrons. The number of nitrogens with one attached hydrogen (secondary N) is 1. The molecule has 6 nitrogen and oxygen atoms in total. The SMILES string of the molecule is COc1ccc(CN(C)[C@H](C)C(=O)c2ccc(NC(C)=O)cc2)cc1OC. The molecule has 0 unspecified atom stereocenters. The first-order valence-electron chi connectivity index (χ1n) is 8.68. The molecular weight excluding hydrogens is 344 g/mol. The number of Topliss-reactive ketones (excluding diaryl/α,β-unsaturated/α-hetero) is 1. The number of carbonyl (C=O) groups is 2. The smallest absolute Gasteiger partial charge is 0.221 e. The predicted octanol–water partition coefficient (Wildman–Crippen LogP) is 3.37. The Labute approximate surface area is 160 Å². The molecule has 0 spiro atoms. The van der Waals surface area contributed by atoms with E-state index in [1.54, 1.807) is 38.5 Å². The number of nitrogens with zero attached hydrogens (tertiary/aromatic N) is 1. The van der Waals surface area contributed by atoms with Gasteiger partial charge in [0.2, 0.25) is 5.91 Å². The zero-order valence-corrected chi connectivity index (χ0v) is 16.4. The van der Waals surface area contributed by atoms with E-state index in [1.165, 1.54) is 6.92 Å². The monoisotopic (exact) mass is 370 g/mol. The van der Waals surface area contributed by atoms with Gasteiger partial charge in [-0.25, -0.2) is 0 Å². The number of rotatable bonds is 8. The van der Waals surface area contributed by atoms with Crippen molar-refractivity contribution in [3.8, 4) is 11.5 Å². The fourth-order valence-electron chi connectivity index (χ4n) is 2.77. The van der Waals surface area contributed by atoms with Crippen molar-refractivity contribution in [2.75, 3.05) is 26.6 Å². The number of amides is 1. The van der Waals surface area contributed by atoms with Gasteiger partial charge in [-0.15, -0.1) is 0 Å². The second-order valence-corrected chi connectivity index (χ2v) is 6.40. The van der Waals surface area contributed by atoms with Gasteiger partial charge in [0.1, 0.15) is 0 Å². The van der Waals surface area contributed by atoms with Crippen molar-refractivity contribution in [1.82, 2.24) is 4.90 Å². The van der Waals surface area contributed by atoms with Crippen LogP contribution in [0.5, 0.6) is 11.5 Å². The molecule has 27 heavy (non-hydrogen) atoms. The molecule has 1 amide bonds. The summed E-state index contributed by atoms with van der Waals surface area (Å²) in [6, 6.07) is 12.3. The van der Waals surface area contributed by atoms with Crippen LogP contribution in [-0.2, 0) is 11.3 Å². The van der Waals surface area contributed by atoms with Crippen LogP contribution in [0.3, 0.4) is 0 Å². The third-order valence-electron chi connectivity index (χ3n) is 4.41. The molecule has 0 aromatic heterocycles. The summed E-state index contributed by atoms with van der Waals surface area (Å²) in [5, 5.41) is 2.69. The molecule has 0 heterocycles. The molecular formula is C21H26N2O4. The molecule has 2 aromatic carbocycles. The summed E-state index contributed by atoms with van der Waals surface area (Å²) in [6.45, 7) is 3.92. The third-order valence-corrected chi connectivity index (χ3v) is 4.41. The Morgan fingerprint density at radius 1 is 1.04 bits per heavy atom. The Morgan fingerprint density at radius 2 is 1.67 bits per heavy atom. The number of methoxy groups -OCH3 is 2.